The average molecular weight is 305 g/mol. The Labute approximate surface area is 125 Å². The van der Waals surface area contributed by atoms with Crippen molar-refractivity contribution in [3.63, 3.8) is 0 Å². The highest BCUT2D eigenvalue weighted by Crippen LogP contribution is 2.32. The van der Waals surface area contributed by atoms with Crippen LogP contribution in [0.4, 0.5) is 0 Å². The maximum Gasteiger partial charge on any atom is 0.159 e. The van der Waals surface area contributed by atoms with Gasteiger partial charge in [-0.2, -0.15) is 0 Å². The van der Waals surface area contributed by atoms with Crippen molar-refractivity contribution < 1.29 is 0 Å². The quantitative estimate of drug-likeness (QED) is 0.543. The molecule has 0 atom stereocenters. The van der Waals surface area contributed by atoms with E-state index in [1.807, 2.05) is 12.1 Å². The minimum absolute atomic E-state index is 0.306. The number of benzene rings is 1. The fraction of sp³-hybridized carbons (Fsp3) is 0.154. The first kappa shape index (κ1) is 12.8. The molecular formula is C13H11N3S3. The van der Waals surface area contributed by atoms with Crippen LogP contribution in [0.3, 0.4) is 0 Å². The number of hydrogen-bond donors (Lipinski definition) is 3. The second kappa shape index (κ2) is 4.40. The SMILES string of the molecule is Cc1ccc2c(c1C)C(c1sc(=S)[nH]c1S)=NC2=N. The molecule has 6 heteroatoms. The van der Waals surface area contributed by atoms with E-state index in [0.29, 0.717) is 9.79 Å². The van der Waals surface area contributed by atoms with E-state index in [0.717, 1.165) is 32.3 Å². The van der Waals surface area contributed by atoms with Crippen LogP contribution in [0.15, 0.2) is 22.2 Å². The predicted molar refractivity (Wildman–Crippen MR) is 85.1 cm³/mol. The van der Waals surface area contributed by atoms with Gasteiger partial charge in [0.2, 0.25) is 0 Å². The second-order valence-electron chi connectivity index (χ2n) is 4.43. The van der Waals surface area contributed by atoms with Crippen molar-refractivity contribution >= 4 is 47.7 Å². The number of thiol groups is 1. The minimum Gasteiger partial charge on any atom is -0.332 e. The Morgan fingerprint density at radius 2 is 2.11 bits per heavy atom. The highest BCUT2D eigenvalue weighted by Gasteiger charge is 2.26. The van der Waals surface area contributed by atoms with E-state index in [-0.39, 0.29) is 0 Å². The van der Waals surface area contributed by atoms with Gasteiger partial charge in [0, 0.05) is 11.1 Å². The van der Waals surface area contributed by atoms with Gasteiger partial charge in [0.15, 0.2) is 9.79 Å². The van der Waals surface area contributed by atoms with Gasteiger partial charge in [-0.3, -0.25) is 5.41 Å². The number of H-pyrrole nitrogens is 1. The van der Waals surface area contributed by atoms with Gasteiger partial charge in [-0.25, -0.2) is 4.99 Å². The molecule has 0 bridgehead atoms. The molecule has 3 nitrogen and oxygen atoms in total. The minimum atomic E-state index is 0.306. The number of nitrogens with one attached hydrogen (secondary N) is 2. The smallest absolute Gasteiger partial charge is 0.159 e. The zero-order valence-corrected chi connectivity index (χ0v) is 12.9. The van der Waals surface area contributed by atoms with E-state index >= 15 is 0 Å². The standard InChI is InChI=1S/C13H11N3S3/c1-5-3-4-7-8(6(5)2)9(15-11(7)14)10-12(17)16-13(18)19-10/h3-4,14,17H,1-2H3,(H,16,18). The maximum atomic E-state index is 8.01. The van der Waals surface area contributed by atoms with E-state index in [1.54, 1.807) is 0 Å². The van der Waals surface area contributed by atoms with Crippen LogP contribution in [0, 0.1) is 23.2 Å². The largest absolute Gasteiger partial charge is 0.332 e. The highest BCUT2D eigenvalue weighted by molar-refractivity contribution is 7.80. The molecule has 19 heavy (non-hydrogen) atoms. The highest BCUT2D eigenvalue weighted by atomic mass is 32.1. The van der Waals surface area contributed by atoms with E-state index < -0.39 is 0 Å². The molecule has 2 N–H and O–H groups in total. The van der Waals surface area contributed by atoms with Crippen molar-refractivity contribution in [1.82, 2.24) is 4.98 Å². The van der Waals surface area contributed by atoms with Crippen molar-refractivity contribution in [3.8, 4) is 0 Å². The average Bonchev–Trinajstić information content (AvgIpc) is 2.85. The molecule has 0 saturated carbocycles. The molecule has 0 fully saturated rings. The molecule has 0 amide bonds. The Morgan fingerprint density at radius 1 is 1.37 bits per heavy atom. The lowest BCUT2D eigenvalue weighted by Gasteiger charge is -2.08. The number of aryl methyl sites for hydroxylation is 1. The van der Waals surface area contributed by atoms with Crippen molar-refractivity contribution in [2.45, 2.75) is 18.9 Å². The third kappa shape index (κ3) is 1.91. The molecule has 0 spiro atoms. The van der Waals surface area contributed by atoms with Crippen molar-refractivity contribution in [1.29, 1.82) is 5.41 Å². The molecule has 1 aromatic heterocycles. The first-order chi connectivity index (χ1) is 8.99. The van der Waals surface area contributed by atoms with Crippen molar-refractivity contribution in [2.75, 3.05) is 0 Å². The first-order valence-electron chi connectivity index (χ1n) is 5.69. The molecule has 0 saturated heterocycles. The van der Waals surface area contributed by atoms with Crippen LogP contribution in [-0.2, 0) is 0 Å². The Hall–Kier alpha value is -1.24. The van der Waals surface area contributed by atoms with Gasteiger partial charge in [0.25, 0.3) is 0 Å². The molecule has 0 radical (unpaired) electrons. The summed E-state index contributed by atoms with van der Waals surface area (Å²) in [6.07, 6.45) is 0. The molecule has 1 aliphatic heterocycles. The summed E-state index contributed by atoms with van der Waals surface area (Å²) in [6, 6.07) is 3.99. The van der Waals surface area contributed by atoms with Gasteiger partial charge in [0.1, 0.15) is 0 Å². The zero-order chi connectivity index (χ0) is 13.7. The fourth-order valence-electron chi connectivity index (χ4n) is 2.19. The molecular weight excluding hydrogens is 294 g/mol. The van der Waals surface area contributed by atoms with Crippen LogP contribution in [0.5, 0.6) is 0 Å². The number of aromatic nitrogens is 1. The molecule has 1 aromatic carbocycles. The maximum absolute atomic E-state index is 8.01. The van der Waals surface area contributed by atoms with Crippen molar-refractivity contribution in [2.24, 2.45) is 4.99 Å². The summed E-state index contributed by atoms with van der Waals surface area (Å²) in [6.45, 7) is 4.13. The van der Waals surface area contributed by atoms with E-state index in [9.17, 15) is 0 Å². The third-order valence-corrected chi connectivity index (χ3v) is 5.02. The van der Waals surface area contributed by atoms with Crippen LogP contribution in [0.1, 0.15) is 27.1 Å². The Bertz CT molecular complexity index is 796. The van der Waals surface area contributed by atoms with Gasteiger partial charge in [0.05, 0.1) is 15.6 Å². The van der Waals surface area contributed by atoms with E-state index in [1.165, 1.54) is 16.9 Å². The number of fused-ring (bicyclic) bond motifs is 1. The van der Waals surface area contributed by atoms with Crippen LogP contribution < -0.4 is 0 Å². The molecule has 1 aliphatic rings. The zero-order valence-electron chi connectivity index (χ0n) is 10.4. The van der Waals surface area contributed by atoms with Crippen LogP contribution in [0.2, 0.25) is 0 Å². The number of amidine groups is 1. The summed E-state index contributed by atoms with van der Waals surface area (Å²) in [4.78, 5) is 8.32. The Balaban J connectivity index is 2.31. The number of thiazole rings is 1. The molecule has 3 rings (SSSR count). The van der Waals surface area contributed by atoms with Gasteiger partial charge >= 0.3 is 0 Å². The number of rotatable bonds is 1. The lowest BCUT2D eigenvalue weighted by atomic mass is 9.95. The van der Waals surface area contributed by atoms with E-state index in [2.05, 4.69) is 36.5 Å². The molecule has 0 aliphatic carbocycles. The van der Waals surface area contributed by atoms with Crippen molar-refractivity contribution in [3.05, 3.63) is 43.2 Å². The molecule has 96 valence electrons. The fourth-order valence-corrected chi connectivity index (χ4v) is 3.78. The molecule has 2 aromatic rings. The summed E-state index contributed by atoms with van der Waals surface area (Å²) in [5.41, 5.74) is 5.07. The molecule has 2 heterocycles. The lowest BCUT2D eigenvalue weighted by molar-refractivity contribution is 1.19. The summed E-state index contributed by atoms with van der Waals surface area (Å²) in [7, 11) is 0. The third-order valence-electron chi connectivity index (χ3n) is 3.30. The Kier molecular flexibility index (Phi) is 2.96. The summed E-state index contributed by atoms with van der Waals surface area (Å²) in [5, 5.41) is 8.73. The second-order valence-corrected chi connectivity index (χ2v) is 6.57. The van der Waals surface area contributed by atoms with Gasteiger partial charge in [-0.15, -0.1) is 24.0 Å². The predicted octanol–water partition coefficient (Wildman–Crippen LogP) is 3.89. The van der Waals surface area contributed by atoms with E-state index in [4.69, 9.17) is 17.6 Å². The number of aliphatic imine (C=N–C) groups is 1. The van der Waals surface area contributed by atoms with Gasteiger partial charge in [-0.1, -0.05) is 12.1 Å². The summed E-state index contributed by atoms with van der Waals surface area (Å²) >= 11 is 11.0. The van der Waals surface area contributed by atoms with Crippen LogP contribution >= 0.6 is 36.2 Å². The monoisotopic (exact) mass is 305 g/mol. The van der Waals surface area contributed by atoms with Gasteiger partial charge < -0.3 is 4.98 Å². The lowest BCUT2D eigenvalue weighted by Crippen LogP contribution is -2.04. The number of aromatic amines is 1. The normalized spacial score (nSPS) is 13.6. The number of hydrogen-bond acceptors (Lipinski definition) is 4. The molecule has 0 unspecified atom stereocenters. The summed E-state index contributed by atoms with van der Waals surface area (Å²) < 4.78 is 0.674. The van der Waals surface area contributed by atoms with Gasteiger partial charge in [-0.05, 0) is 37.2 Å². The number of nitrogens with zero attached hydrogens (tertiary/aromatic N) is 1. The van der Waals surface area contributed by atoms with Crippen LogP contribution in [0.25, 0.3) is 0 Å². The summed E-state index contributed by atoms with van der Waals surface area (Å²) in [5.74, 6) is 0.306. The van der Waals surface area contributed by atoms with Crippen LogP contribution in [-0.4, -0.2) is 16.5 Å². The first-order valence-corrected chi connectivity index (χ1v) is 7.37. The Morgan fingerprint density at radius 3 is 2.74 bits per heavy atom. The topological polar surface area (TPSA) is 52.0 Å².